The number of piperazine rings is 1. The second-order valence-electron chi connectivity index (χ2n) is 6.64. The molecule has 27 heavy (non-hydrogen) atoms. The first kappa shape index (κ1) is 18.9. The second kappa shape index (κ2) is 8.22. The van der Waals surface area contributed by atoms with Crippen LogP contribution in [0.4, 0.5) is 5.88 Å². The third-order valence-electron chi connectivity index (χ3n) is 4.66. The summed E-state index contributed by atoms with van der Waals surface area (Å²) < 4.78 is 10.0. The lowest BCUT2D eigenvalue weighted by molar-refractivity contribution is -0.141. The van der Waals surface area contributed by atoms with Crippen LogP contribution in [0.5, 0.6) is 0 Å². The van der Waals surface area contributed by atoms with E-state index in [2.05, 4.69) is 22.2 Å². The summed E-state index contributed by atoms with van der Waals surface area (Å²) in [5, 5.41) is 3.62. The SMILES string of the molecule is Cc1noc(N)c1C(=O)OC(C)C(=O)N1CCN(Cc2ccccc2)CC1. The van der Waals surface area contributed by atoms with Gasteiger partial charge in [0, 0.05) is 32.7 Å². The van der Waals surface area contributed by atoms with E-state index in [0.29, 0.717) is 18.8 Å². The van der Waals surface area contributed by atoms with Crippen molar-refractivity contribution in [3.05, 3.63) is 47.2 Å². The normalized spacial score (nSPS) is 16.1. The van der Waals surface area contributed by atoms with Gasteiger partial charge in [-0.05, 0) is 19.4 Å². The fourth-order valence-electron chi connectivity index (χ4n) is 3.13. The summed E-state index contributed by atoms with van der Waals surface area (Å²) >= 11 is 0. The molecule has 2 heterocycles. The van der Waals surface area contributed by atoms with Gasteiger partial charge in [-0.25, -0.2) is 4.79 Å². The van der Waals surface area contributed by atoms with Crippen molar-refractivity contribution in [2.24, 2.45) is 0 Å². The maximum Gasteiger partial charge on any atom is 0.346 e. The molecule has 1 aromatic heterocycles. The average Bonchev–Trinajstić information content (AvgIpc) is 3.01. The van der Waals surface area contributed by atoms with E-state index in [1.807, 2.05) is 18.2 Å². The molecular weight excluding hydrogens is 348 g/mol. The number of carbonyl (C=O) groups is 2. The van der Waals surface area contributed by atoms with Gasteiger partial charge >= 0.3 is 5.97 Å². The van der Waals surface area contributed by atoms with E-state index < -0.39 is 12.1 Å². The van der Waals surface area contributed by atoms with E-state index in [9.17, 15) is 9.59 Å². The summed E-state index contributed by atoms with van der Waals surface area (Å²) in [4.78, 5) is 28.8. The zero-order chi connectivity index (χ0) is 19.4. The highest BCUT2D eigenvalue weighted by atomic mass is 16.6. The van der Waals surface area contributed by atoms with Crippen molar-refractivity contribution >= 4 is 17.8 Å². The van der Waals surface area contributed by atoms with E-state index >= 15 is 0 Å². The lowest BCUT2D eigenvalue weighted by Gasteiger charge is -2.35. The average molecular weight is 372 g/mol. The third-order valence-corrected chi connectivity index (χ3v) is 4.66. The van der Waals surface area contributed by atoms with Gasteiger partial charge in [-0.15, -0.1) is 0 Å². The van der Waals surface area contributed by atoms with Crippen molar-refractivity contribution in [1.29, 1.82) is 0 Å². The summed E-state index contributed by atoms with van der Waals surface area (Å²) in [6, 6.07) is 10.2. The molecule has 1 unspecified atom stereocenters. The summed E-state index contributed by atoms with van der Waals surface area (Å²) in [6.45, 7) is 6.77. The van der Waals surface area contributed by atoms with Crippen LogP contribution in [0.15, 0.2) is 34.9 Å². The number of hydrogen-bond acceptors (Lipinski definition) is 7. The third kappa shape index (κ3) is 4.46. The Morgan fingerprint density at radius 2 is 1.89 bits per heavy atom. The fraction of sp³-hybridized carbons (Fsp3) is 0.421. The number of benzene rings is 1. The van der Waals surface area contributed by atoms with Crippen LogP contribution in [0.25, 0.3) is 0 Å². The Bertz CT molecular complexity index is 778. The molecule has 0 spiro atoms. The molecule has 1 aromatic carbocycles. The van der Waals surface area contributed by atoms with Crippen molar-refractivity contribution in [2.75, 3.05) is 31.9 Å². The minimum atomic E-state index is -0.896. The molecule has 0 saturated carbocycles. The Morgan fingerprint density at radius 1 is 1.22 bits per heavy atom. The zero-order valence-corrected chi connectivity index (χ0v) is 15.6. The number of anilines is 1. The molecule has 2 aromatic rings. The molecule has 8 nitrogen and oxygen atoms in total. The first-order chi connectivity index (χ1) is 13.0. The molecule has 1 fully saturated rings. The highest BCUT2D eigenvalue weighted by Gasteiger charge is 2.29. The molecule has 2 N–H and O–H groups in total. The molecular formula is C19H24N4O4. The smallest absolute Gasteiger partial charge is 0.346 e. The lowest BCUT2D eigenvalue weighted by Crippen LogP contribution is -2.51. The van der Waals surface area contributed by atoms with Gasteiger partial charge in [0.15, 0.2) is 6.10 Å². The number of aryl methyl sites for hydroxylation is 1. The van der Waals surface area contributed by atoms with Crippen LogP contribution >= 0.6 is 0 Å². The van der Waals surface area contributed by atoms with Gasteiger partial charge in [-0.1, -0.05) is 35.5 Å². The van der Waals surface area contributed by atoms with Crippen LogP contribution in [0, 0.1) is 6.92 Å². The molecule has 1 amide bonds. The number of rotatable bonds is 5. The van der Waals surface area contributed by atoms with E-state index in [1.54, 1.807) is 18.7 Å². The number of carbonyl (C=O) groups excluding carboxylic acids is 2. The summed E-state index contributed by atoms with van der Waals surface area (Å²) in [5.74, 6) is -1.02. The standard InChI is InChI=1S/C19H24N4O4/c1-13-16(17(20)27-21-13)19(25)26-14(2)18(24)23-10-8-22(9-11-23)12-15-6-4-3-5-7-15/h3-7,14H,8-12,20H2,1-2H3. The first-order valence-electron chi connectivity index (χ1n) is 8.93. The number of esters is 1. The maximum atomic E-state index is 12.6. The second-order valence-corrected chi connectivity index (χ2v) is 6.64. The molecule has 1 aliphatic rings. The molecule has 0 radical (unpaired) electrons. The highest BCUT2D eigenvalue weighted by molar-refractivity contribution is 5.96. The van der Waals surface area contributed by atoms with Crippen molar-refractivity contribution in [3.8, 4) is 0 Å². The van der Waals surface area contributed by atoms with Crippen LogP contribution in [0.2, 0.25) is 0 Å². The van der Waals surface area contributed by atoms with Crippen LogP contribution in [-0.4, -0.2) is 59.1 Å². The minimum Gasteiger partial charge on any atom is -0.449 e. The van der Waals surface area contributed by atoms with E-state index in [0.717, 1.165) is 19.6 Å². The first-order valence-corrected chi connectivity index (χ1v) is 8.93. The largest absolute Gasteiger partial charge is 0.449 e. The van der Waals surface area contributed by atoms with Crippen LogP contribution in [0.3, 0.4) is 0 Å². The molecule has 144 valence electrons. The van der Waals surface area contributed by atoms with E-state index in [1.165, 1.54) is 5.56 Å². The number of nitrogens with zero attached hydrogens (tertiary/aromatic N) is 3. The Morgan fingerprint density at radius 3 is 2.48 bits per heavy atom. The Kier molecular flexibility index (Phi) is 5.75. The van der Waals surface area contributed by atoms with Crippen LogP contribution in [-0.2, 0) is 16.1 Å². The van der Waals surface area contributed by atoms with Gasteiger partial charge in [0.2, 0.25) is 5.88 Å². The fourth-order valence-corrected chi connectivity index (χ4v) is 3.13. The Labute approximate surface area is 157 Å². The minimum absolute atomic E-state index is 0.0716. The molecule has 8 heteroatoms. The Balaban J connectivity index is 1.50. The Hall–Kier alpha value is -2.87. The quantitative estimate of drug-likeness (QED) is 0.793. The van der Waals surface area contributed by atoms with Gasteiger partial charge in [-0.2, -0.15) is 0 Å². The predicted molar refractivity (Wildman–Crippen MR) is 98.8 cm³/mol. The molecule has 0 aliphatic carbocycles. The monoisotopic (exact) mass is 372 g/mol. The van der Waals surface area contributed by atoms with Crippen molar-refractivity contribution < 1.29 is 18.8 Å². The molecule has 0 bridgehead atoms. The van der Waals surface area contributed by atoms with Crippen LogP contribution in [0.1, 0.15) is 28.5 Å². The number of nitrogen functional groups attached to an aromatic ring is 1. The number of aromatic nitrogens is 1. The topological polar surface area (TPSA) is 102 Å². The summed E-state index contributed by atoms with van der Waals surface area (Å²) in [5.41, 5.74) is 7.25. The summed E-state index contributed by atoms with van der Waals surface area (Å²) in [6.07, 6.45) is -0.896. The van der Waals surface area contributed by atoms with Gasteiger partial charge in [0.25, 0.3) is 5.91 Å². The molecule has 1 saturated heterocycles. The van der Waals surface area contributed by atoms with E-state index in [4.69, 9.17) is 15.0 Å². The molecule has 1 atom stereocenters. The predicted octanol–water partition coefficient (Wildman–Crippen LogP) is 1.45. The van der Waals surface area contributed by atoms with Gasteiger partial charge in [0.05, 0.1) is 5.69 Å². The van der Waals surface area contributed by atoms with Crippen LogP contribution < -0.4 is 5.73 Å². The summed E-state index contributed by atoms with van der Waals surface area (Å²) in [7, 11) is 0. The highest BCUT2D eigenvalue weighted by Crippen LogP contribution is 2.18. The molecule has 1 aliphatic heterocycles. The van der Waals surface area contributed by atoms with Crippen molar-refractivity contribution in [1.82, 2.24) is 15.0 Å². The number of nitrogens with two attached hydrogens (primary N) is 1. The van der Waals surface area contributed by atoms with E-state index in [-0.39, 0.29) is 17.4 Å². The number of hydrogen-bond donors (Lipinski definition) is 1. The van der Waals surface area contributed by atoms with Gasteiger partial charge < -0.3 is 19.9 Å². The van der Waals surface area contributed by atoms with Crippen molar-refractivity contribution in [3.63, 3.8) is 0 Å². The maximum absolute atomic E-state index is 12.6. The number of amides is 1. The van der Waals surface area contributed by atoms with Gasteiger partial charge in [0.1, 0.15) is 5.56 Å². The molecule has 3 rings (SSSR count). The lowest BCUT2D eigenvalue weighted by atomic mass is 10.2. The van der Waals surface area contributed by atoms with Crippen molar-refractivity contribution in [2.45, 2.75) is 26.5 Å². The van der Waals surface area contributed by atoms with Gasteiger partial charge in [-0.3, -0.25) is 9.69 Å². The number of ether oxygens (including phenoxy) is 1. The zero-order valence-electron chi connectivity index (χ0n) is 15.6.